The van der Waals surface area contributed by atoms with E-state index in [1.807, 2.05) is 51.1 Å². The highest BCUT2D eigenvalue weighted by molar-refractivity contribution is 7.92. The molecule has 0 aliphatic heterocycles. The van der Waals surface area contributed by atoms with Crippen molar-refractivity contribution in [3.8, 4) is 0 Å². The molecule has 0 saturated heterocycles. The van der Waals surface area contributed by atoms with Crippen molar-refractivity contribution in [1.29, 1.82) is 0 Å². The Labute approximate surface area is 224 Å². The Morgan fingerprint density at radius 2 is 1.53 bits per heavy atom. The van der Waals surface area contributed by atoms with Crippen LogP contribution in [-0.2, 0) is 26.2 Å². The van der Waals surface area contributed by atoms with Gasteiger partial charge in [0.2, 0.25) is 11.8 Å². The monoisotopic (exact) mass is 539 g/mol. The van der Waals surface area contributed by atoms with Gasteiger partial charge in [0, 0.05) is 12.6 Å². The molecule has 0 aromatic heterocycles. The topological polar surface area (TPSA) is 86.8 Å². The van der Waals surface area contributed by atoms with Gasteiger partial charge >= 0.3 is 0 Å². The summed E-state index contributed by atoms with van der Waals surface area (Å²) in [6.07, 6.45) is 0.720. The van der Waals surface area contributed by atoms with Crippen molar-refractivity contribution in [1.82, 2.24) is 10.2 Å². The molecule has 3 rings (SSSR count). The zero-order valence-corrected chi connectivity index (χ0v) is 22.9. The summed E-state index contributed by atoms with van der Waals surface area (Å²) in [5.41, 5.74) is 1.80. The van der Waals surface area contributed by atoms with Crippen LogP contribution < -0.4 is 9.62 Å². The highest BCUT2D eigenvalue weighted by Crippen LogP contribution is 2.25. The van der Waals surface area contributed by atoms with Crippen molar-refractivity contribution < 1.29 is 22.4 Å². The SMILES string of the molecule is CC[C@@H](C)NC(=O)[C@@H](C)N(Cc1ccccc1)C(=O)CN(c1ccc(F)cc1)S(=O)(=O)c1ccc(C)cc1. The highest BCUT2D eigenvalue weighted by Gasteiger charge is 2.32. The molecule has 38 heavy (non-hydrogen) atoms. The lowest BCUT2D eigenvalue weighted by molar-refractivity contribution is -0.139. The van der Waals surface area contributed by atoms with E-state index in [2.05, 4.69) is 5.32 Å². The first-order valence-electron chi connectivity index (χ1n) is 12.5. The van der Waals surface area contributed by atoms with Crippen LogP contribution in [0.15, 0.2) is 83.8 Å². The molecule has 0 spiro atoms. The second-order valence-electron chi connectivity index (χ2n) is 9.30. The molecule has 0 radical (unpaired) electrons. The van der Waals surface area contributed by atoms with E-state index in [-0.39, 0.29) is 29.1 Å². The van der Waals surface area contributed by atoms with Gasteiger partial charge in [0.1, 0.15) is 18.4 Å². The van der Waals surface area contributed by atoms with Gasteiger partial charge in [0.25, 0.3) is 10.0 Å². The van der Waals surface area contributed by atoms with Crippen LogP contribution in [0.3, 0.4) is 0 Å². The zero-order chi connectivity index (χ0) is 27.9. The summed E-state index contributed by atoms with van der Waals surface area (Å²) in [7, 11) is -4.19. The van der Waals surface area contributed by atoms with E-state index in [1.165, 1.54) is 29.2 Å². The number of sulfonamides is 1. The van der Waals surface area contributed by atoms with Crippen LogP contribution in [0.5, 0.6) is 0 Å². The number of carbonyl (C=O) groups excluding carboxylic acids is 2. The first-order chi connectivity index (χ1) is 18.0. The number of amides is 2. The fourth-order valence-corrected chi connectivity index (χ4v) is 5.22. The van der Waals surface area contributed by atoms with Crippen LogP contribution in [0.4, 0.5) is 10.1 Å². The Morgan fingerprint density at radius 1 is 0.921 bits per heavy atom. The van der Waals surface area contributed by atoms with Crippen LogP contribution in [-0.4, -0.2) is 43.8 Å². The van der Waals surface area contributed by atoms with E-state index < -0.39 is 34.3 Å². The summed E-state index contributed by atoms with van der Waals surface area (Å²) in [6, 6.07) is 19.4. The molecule has 1 N–H and O–H groups in total. The minimum absolute atomic E-state index is 0.00241. The summed E-state index contributed by atoms with van der Waals surface area (Å²) in [6.45, 7) is 6.81. The first-order valence-corrected chi connectivity index (χ1v) is 14.0. The number of nitrogens with zero attached hydrogens (tertiary/aromatic N) is 2. The molecule has 0 fully saturated rings. The largest absolute Gasteiger partial charge is 0.352 e. The van der Waals surface area contributed by atoms with E-state index in [4.69, 9.17) is 0 Å². The lowest BCUT2D eigenvalue weighted by Crippen LogP contribution is -2.52. The lowest BCUT2D eigenvalue weighted by atomic mass is 10.1. The van der Waals surface area contributed by atoms with Crippen LogP contribution in [0.2, 0.25) is 0 Å². The van der Waals surface area contributed by atoms with E-state index in [9.17, 15) is 22.4 Å². The molecule has 0 aliphatic carbocycles. The summed E-state index contributed by atoms with van der Waals surface area (Å²) in [5.74, 6) is -1.44. The van der Waals surface area contributed by atoms with Gasteiger partial charge < -0.3 is 10.2 Å². The Kier molecular flexibility index (Phi) is 9.63. The Balaban J connectivity index is 2.00. The van der Waals surface area contributed by atoms with Gasteiger partial charge in [-0.3, -0.25) is 13.9 Å². The molecule has 202 valence electrons. The predicted molar refractivity (Wildman–Crippen MR) is 146 cm³/mol. The van der Waals surface area contributed by atoms with Crippen LogP contribution in [0, 0.1) is 12.7 Å². The summed E-state index contributed by atoms with van der Waals surface area (Å²) in [4.78, 5) is 28.2. The zero-order valence-electron chi connectivity index (χ0n) is 22.1. The first kappa shape index (κ1) is 28.8. The molecular formula is C29H34FN3O4S. The third-order valence-electron chi connectivity index (χ3n) is 6.37. The number of hydrogen-bond donors (Lipinski definition) is 1. The van der Waals surface area contributed by atoms with Crippen molar-refractivity contribution in [2.24, 2.45) is 0 Å². The maximum atomic E-state index is 13.8. The number of nitrogens with one attached hydrogen (secondary N) is 1. The summed E-state index contributed by atoms with van der Waals surface area (Å²) >= 11 is 0. The second kappa shape index (κ2) is 12.7. The number of anilines is 1. The molecule has 3 aromatic rings. The summed E-state index contributed by atoms with van der Waals surface area (Å²) in [5, 5.41) is 2.90. The number of halogens is 1. The van der Waals surface area contributed by atoms with E-state index in [0.717, 1.165) is 34.0 Å². The van der Waals surface area contributed by atoms with Gasteiger partial charge in [-0.05, 0) is 69.2 Å². The second-order valence-corrected chi connectivity index (χ2v) is 11.2. The molecule has 7 nitrogen and oxygen atoms in total. The maximum Gasteiger partial charge on any atom is 0.264 e. The van der Waals surface area contributed by atoms with Crippen molar-refractivity contribution in [3.63, 3.8) is 0 Å². The molecule has 0 heterocycles. The van der Waals surface area contributed by atoms with Gasteiger partial charge in [-0.25, -0.2) is 12.8 Å². The highest BCUT2D eigenvalue weighted by atomic mass is 32.2. The smallest absolute Gasteiger partial charge is 0.264 e. The minimum Gasteiger partial charge on any atom is -0.352 e. The van der Waals surface area contributed by atoms with Gasteiger partial charge in [-0.15, -0.1) is 0 Å². The van der Waals surface area contributed by atoms with Crippen molar-refractivity contribution >= 4 is 27.5 Å². The fraction of sp³-hybridized carbons (Fsp3) is 0.310. The van der Waals surface area contributed by atoms with Gasteiger partial charge in [-0.2, -0.15) is 0 Å². The molecule has 0 bridgehead atoms. The molecule has 2 amide bonds. The minimum atomic E-state index is -4.19. The Morgan fingerprint density at radius 3 is 2.11 bits per heavy atom. The van der Waals surface area contributed by atoms with Gasteiger partial charge in [0.05, 0.1) is 10.6 Å². The van der Waals surface area contributed by atoms with Crippen LogP contribution >= 0.6 is 0 Å². The molecule has 2 atom stereocenters. The van der Waals surface area contributed by atoms with E-state index in [1.54, 1.807) is 19.1 Å². The van der Waals surface area contributed by atoms with E-state index in [0.29, 0.717) is 0 Å². The van der Waals surface area contributed by atoms with Crippen LogP contribution in [0.1, 0.15) is 38.3 Å². The maximum absolute atomic E-state index is 13.8. The molecule has 0 saturated carbocycles. The number of benzene rings is 3. The van der Waals surface area contributed by atoms with Gasteiger partial charge in [-0.1, -0.05) is 55.0 Å². The molecule has 0 aliphatic rings. The molecule has 9 heteroatoms. The van der Waals surface area contributed by atoms with Crippen molar-refractivity contribution in [2.45, 2.75) is 57.6 Å². The van der Waals surface area contributed by atoms with Gasteiger partial charge in [0.15, 0.2) is 0 Å². The fourth-order valence-electron chi connectivity index (χ4n) is 3.80. The molecular weight excluding hydrogens is 505 g/mol. The third-order valence-corrected chi connectivity index (χ3v) is 8.15. The molecule has 0 unspecified atom stereocenters. The average molecular weight is 540 g/mol. The van der Waals surface area contributed by atoms with Crippen molar-refractivity contribution in [3.05, 3.63) is 95.8 Å². The average Bonchev–Trinajstić information content (AvgIpc) is 2.91. The molecule has 3 aromatic carbocycles. The van der Waals surface area contributed by atoms with Crippen molar-refractivity contribution in [2.75, 3.05) is 10.8 Å². The Hall–Kier alpha value is -3.72. The normalized spacial score (nSPS) is 12.9. The van der Waals surface area contributed by atoms with E-state index >= 15 is 0 Å². The quantitative estimate of drug-likeness (QED) is 0.384. The number of aryl methyl sites for hydroxylation is 1. The third kappa shape index (κ3) is 7.19. The standard InChI is InChI=1S/C29H34FN3O4S/c1-5-22(3)31-29(35)23(4)32(19-24-9-7-6-8-10-24)28(34)20-33(26-15-13-25(30)14-16-26)38(36,37)27-17-11-21(2)12-18-27/h6-18,22-23H,5,19-20H2,1-4H3,(H,31,35)/t22-,23-/m1/s1. The summed E-state index contributed by atoms with van der Waals surface area (Å²) < 4.78 is 42.1. The number of rotatable bonds is 11. The Bertz CT molecular complexity index is 1330. The van der Waals surface area contributed by atoms with Crippen LogP contribution in [0.25, 0.3) is 0 Å². The number of hydrogen-bond acceptors (Lipinski definition) is 4. The lowest BCUT2D eigenvalue weighted by Gasteiger charge is -2.32. The number of carbonyl (C=O) groups is 2. The predicted octanol–water partition coefficient (Wildman–Crippen LogP) is 4.66.